The summed E-state index contributed by atoms with van der Waals surface area (Å²) in [5.41, 5.74) is 1.71. The number of rotatable bonds is 3. The summed E-state index contributed by atoms with van der Waals surface area (Å²) in [6, 6.07) is 9.84. The molecule has 4 rings (SSSR count). The minimum Gasteiger partial charge on any atom is -0.390 e. The molecule has 2 aliphatic heterocycles. The summed E-state index contributed by atoms with van der Waals surface area (Å²) in [6.45, 7) is -0.0664. The number of benzene rings is 1. The highest BCUT2D eigenvalue weighted by molar-refractivity contribution is 7.90. The van der Waals surface area contributed by atoms with Crippen molar-refractivity contribution in [1.82, 2.24) is 9.29 Å². The van der Waals surface area contributed by atoms with E-state index in [2.05, 4.69) is 10.1 Å². The molecule has 7 nitrogen and oxygen atoms in total. The summed E-state index contributed by atoms with van der Waals surface area (Å²) in [4.78, 5) is 21.8. The minimum absolute atomic E-state index is 0.0430. The summed E-state index contributed by atoms with van der Waals surface area (Å²) in [7, 11) is -3.82. The van der Waals surface area contributed by atoms with E-state index < -0.39 is 22.0 Å². The first-order valence-electron chi connectivity index (χ1n) is 7.36. The van der Waals surface area contributed by atoms with Crippen LogP contribution >= 0.6 is 0 Å². The first-order valence-corrected chi connectivity index (χ1v) is 8.80. The standard InChI is InChI=1S/C16H13N3O4S/c20-16-13-5-1-2-6-15(13)24(21,22)19(16)10-12-8-14(18-23-12)11-4-3-7-17-9-11/h1-7,9,12H,8,10H2. The van der Waals surface area contributed by atoms with Crippen LogP contribution in [-0.2, 0) is 14.9 Å². The van der Waals surface area contributed by atoms with E-state index in [-0.39, 0.29) is 17.0 Å². The normalized spacial score (nSPS) is 21.3. The molecule has 1 amide bonds. The van der Waals surface area contributed by atoms with Crippen LogP contribution in [0.5, 0.6) is 0 Å². The van der Waals surface area contributed by atoms with Crippen molar-refractivity contribution in [1.29, 1.82) is 0 Å². The zero-order valence-corrected chi connectivity index (χ0v) is 13.3. The lowest BCUT2D eigenvalue weighted by molar-refractivity contribution is 0.0599. The van der Waals surface area contributed by atoms with Crippen molar-refractivity contribution in [3.8, 4) is 0 Å². The summed E-state index contributed by atoms with van der Waals surface area (Å²) >= 11 is 0. The topological polar surface area (TPSA) is 88.9 Å². The number of carbonyl (C=O) groups excluding carboxylic acids is 1. The predicted molar refractivity (Wildman–Crippen MR) is 84.9 cm³/mol. The van der Waals surface area contributed by atoms with Gasteiger partial charge in [-0.1, -0.05) is 17.3 Å². The molecule has 0 fully saturated rings. The monoisotopic (exact) mass is 343 g/mol. The van der Waals surface area contributed by atoms with Gasteiger partial charge in [0, 0.05) is 24.4 Å². The molecule has 0 N–H and O–H groups in total. The average molecular weight is 343 g/mol. The number of hydrogen-bond acceptors (Lipinski definition) is 6. The van der Waals surface area contributed by atoms with Gasteiger partial charge in [-0.2, -0.15) is 0 Å². The van der Waals surface area contributed by atoms with Crippen LogP contribution in [0.2, 0.25) is 0 Å². The Kier molecular flexibility index (Phi) is 3.34. The fourth-order valence-electron chi connectivity index (χ4n) is 2.83. The third kappa shape index (κ3) is 2.26. The molecule has 122 valence electrons. The highest BCUT2D eigenvalue weighted by Gasteiger charge is 2.43. The molecule has 2 aliphatic rings. The Bertz CT molecular complexity index is 941. The van der Waals surface area contributed by atoms with Gasteiger partial charge in [0.15, 0.2) is 6.10 Å². The quantitative estimate of drug-likeness (QED) is 0.841. The van der Waals surface area contributed by atoms with Crippen molar-refractivity contribution in [2.24, 2.45) is 5.16 Å². The van der Waals surface area contributed by atoms with E-state index in [1.807, 2.05) is 6.07 Å². The molecule has 1 atom stereocenters. The fraction of sp³-hybridized carbons (Fsp3) is 0.188. The highest BCUT2D eigenvalue weighted by atomic mass is 32.2. The maximum absolute atomic E-state index is 12.5. The van der Waals surface area contributed by atoms with Crippen molar-refractivity contribution in [3.05, 3.63) is 59.9 Å². The average Bonchev–Trinajstić information content (AvgIpc) is 3.14. The molecule has 1 aromatic heterocycles. The molecule has 0 bridgehead atoms. The van der Waals surface area contributed by atoms with Crippen LogP contribution in [0.25, 0.3) is 0 Å². The number of oxime groups is 1. The lowest BCUT2D eigenvalue weighted by Crippen LogP contribution is -2.37. The number of amides is 1. The molecule has 24 heavy (non-hydrogen) atoms. The van der Waals surface area contributed by atoms with Crippen molar-refractivity contribution in [2.75, 3.05) is 6.54 Å². The Morgan fingerprint density at radius 1 is 1.21 bits per heavy atom. The number of fused-ring (bicyclic) bond motifs is 1. The Hall–Kier alpha value is -2.74. The van der Waals surface area contributed by atoms with Gasteiger partial charge in [0.05, 0.1) is 17.8 Å². The molecular formula is C16H13N3O4S. The van der Waals surface area contributed by atoms with Crippen LogP contribution in [0.1, 0.15) is 22.3 Å². The second-order valence-corrected chi connectivity index (χ2v) is 7.38. The second-order valence-electron chi connectivity index (χ2n) is 5.55. The molecule has 1 aromatic carbocycles. The van der Waals surface area contributed by atoms with E-state index in [4.69, 9.17) is 4.84 Å². The molecular weight excluding hydrogens is 330 g/mol. The van der Waals surface area contributed by atoms with E-state index >= 15 is 0 Å². The first kappa shape index (κ1) is 14.8. The van der Waals surface area contributed by atoms with Gasteiger partial charge in [-0.05, 0) is 24.3 Å². The van der Waals surface area contributed by atoms with Crippen LogP contribution in [0, 0.1) is 0 Å². The molecule has 1 unspecified atom stereocenters. The van der Waals surface area contributed by atoms with Crippen molar-refractivity contribution in [3.63, 3.8) is 0 Å². The third-order valence-corrected chi connectivity index (χ3v) is 5.82. The summed E-state index contributed by atoms with van der Waals surface area (Å²) in [5, 5.41) is 4.00. The largest absolute Gasteiger partial charge is 0.390 e. The van der Waals surface area contributed by atoms with Gasteiger partial charge >= 0.3 is 0 Å². The predicted octanol–water partition coefficient (Wildman–Crippen LogP) is 1.42. The van der Waals surface area contributed by atoms with E-state index in [0.717, 1.165) is 9.87 Å². The van der Waals surface area contributed by atoms with Crippen molar-refractivity contribution >= 4 is 21.6 Å². The number of nitrogens with zero attached hydrogens (tertiary/aromatic N) is 3. The smallest absolute Gasteiger partial charge is 0.269 e. The zero-order chi connectivity index (χ0) is 16.7. The lowest BCUT2D eigenvalue weighted by Gasteiger charge is -2.18. The molecule has 0 radical (unpaired) electrons. The van der Waals surface area contributed by atoms with Crippen LogP contribution in [0.15, 0.2) is 58.8 Å². The van der Waals surface area contributed by atoms with Gasteiger partial charge in [0.1, 0.15) is 4.90 Å². The van der Waals surface area contributed by atoms with Gasteiger partial charge < -0.3 is 4.84 Å². The van der Waals surface area contributed by atoms with E-state index in [1.165, 1.54) is 12.1 Å². The Labute approximate surface area is 138 Å². The first-order chi connectivity index (χ1) is 11.6. The Morgan fingerprint density at radius 2 is 2.04 bits per heavy atom. The molecule has 0 saturated heterocycles. The minimum atomic E-state index is -3.82. The molecule has 0 spiro atoms. The maximum Gasteiger partial charge on any atom is 0.269 e. The van der Waals surface area contributed by atoms with Crippen LogP contribution in [0.4, 0.5) is 0 Å². The van der Waals surface area contributed by atoms with Crippen molar-refractivity contribution in [2.45, 2.75) is 17.4 Å². The van der Waals surface area contributed by atoms with E-state index in [9.17, 15) is 13.2 Å². The Morgan fingerprint density at radius 3 is 2.79 bits per heavy atom. The molecule has 0 saturated carbocycles. The van der Waals surface area contributed by atoms with Gasteiger partial charge in [0.25, 0.3) is 15.9 Å². The molecule has 8 heteroatoms. The van der Waals surface area contributed by atoms with E-state index in [0.29, 0.717) is 12.1 Å². The zero-order valence-electron chi connectivity index (χ0n) is 12.5. The highest BCUT2D eigenvalue weighted by Crippen LogP contribution is 2.31. The summed E-state index contributed by atoms with van der Waals surface area (Å²) in [5.74, 6) is -0.524. The summed E-state index contributed by atoms with van der Waals surface area (Å²) in [6.07, 6.45) is 3.23. The number of sulfonamides is 1. The van der Waals surface area contributed by atoms with Crippen molar-refractivity contribution < 1.29 is 18.0 Å². The maximum atomic E-state index is 12.5. The van der Waals surface area contributed by atoms with Gasteiger partial charge in [0.2, 0.25) is 0 Å². The molecule has 3 heterocycles. The number of aromatic nitrogens is 1. The fourth-order valence-corrected chi connectivity index (χ4v) is 4.43. The number of hydrogen-bond donors (Lipinski definition) is 0. The van der Waals surface area contributed by atoms with E-state index in [1.54, 1.807) is 30.6 Å². The van der Waals surface area contributed by atoms with Crippen LogP contribution < -0.4 is 0 Å². The van der Waals surface area contributed by atoms with Gasteiger partial charge in [-0.3, -0.25) is 9.78 Å². The number of carbonyl (C=O) groups is 1. The SMILES string of the molecule is O=C1c2ccccc2S(=O)(=O)N1CC1CC(c2cccnc2)=NO1. The third-order valence-electron chi connectivity index (χ3n) is 4.01. The van der Waals surface area contributed by atoms with Gasteiger partial charge in [-0.15, -0.1) is 0 Å². The molecule has 2 aromatic rings. The lowest BCUT2D eigenvalue weighted by atomic mass is 10.1. The van der Waals surface area contributed by atoms with Gasteiger partial charge in [-0.25, -0.2) is 12.7 Å². The number of pyridine rings is 1. The molecule has 0 aliphatic carbocycles. The van der Waals surface area contributed by atoms with Crippen LogP contribution in [-0.4, -0.2) is 42.0 Å². The Balaban J connectivity index is 1.53. The second kappa shape index (κ2) is 5.41. The van der Waals surface area contributed by atoms with Crippen LogP contribution in [0.3, 0.4) is 0 Å². The summed E-state index contributed by atoms with van der Waals surface area (Å²) < 4.78 is 25.9.